The van der Waals surface area contributed by atoms with Gasteiger partial charge in [-0.2, -0.15) is 5.10 Å². The molecule has 0 atom stereocenters. The first-order valence-corrected chi connectivity index (χ1v) is 4.65. The highest BCUT2D eigenvalue weighted by atomic mass is 79.9. The third-order valence-corrected chi connectivity index (χ3v) is 1.86. The number of nitrogens with one attached hydrogen (secondary N) is 2. The Labute approximate surface area is 84.6 Å². The molecule has 0 saturated heterocycles. The largest absolute Gasteiger partial charge is 0.341 e. The number of carbonyl (C=O) groups is 1. The van der Waals surface area contributed by atoms with Crippen LogP contribution in [0.5, 0.6) is 0 Å². The molecular weight excluding hydrogens is 236 g/mol. The second-order valence-corrected chi connectivity index (χ2v) is 3.34. The second kappa shape index (κ2) is 4.86. The number of aromatic nitrogens is 2. The fourth-order valence-electron chi connectivity index (χ4n) is 0.833. The number of rotatable bonds is 3. The second-order valence-electron chi connectivity index (χ2n) is 2.43. The van der Waals surface area contributed by atoms with Crippen molar-refractivity contribution in [3.8, 4) is 0 Å². The first-order chi connectivity index (χ1) is 6.22. The molecule has 0 aliphatic rings. The lowest BCUT2D eigenvalue weighted by molar-refractivity contribution is 0.242. The van der Waals surface area contributed by atoms with Gasteiger partial charge < -0.3 is 10.6 Å². The summed E-state index contributed by atoms with van der Waals surface area (Å²) in [5.74, 6) is 0. The molecule has 0 radical (unpaired) electrons. The van der Waals surface area contributed by atoms with Crippen LogP contribution in [0, 0.1) is 0 Å². The molecule has 0 spiro atoms. The van der Waals surface area contributed by atoms with Gasteiger partial charge in [0.1, 0.15) is 0 Å². The molecule has 2 amide bonds. The van der Waals surface area contributed by atoms with E-state index >= 15 is 0 Å². The zero-order valence-corrected chi connectivity index (χ0v) is 8.84. The summed E-state index contributed by atoms with van der Waals surface area (Å²) in [6.07, 6.45) is 3.56. The van der Waals surface area contributed by atoms with Crippen LogP contribution in [-0.4, -0.2) is 29.4 Å². The van der Waals surface area contributed by atoms with Crippen LogP contribution in [0.15, 0.2) is 16.9 Å². The molecule has 1 heterocycles. The Balaban J connectivity index is 2.24. The molecule has 0 aromatic carbocycles. The first kappa shape index (κ1) is 10.0. The normalized spacial score (nSPS) is 9.69. The number of hydrogen-bond acceptors (Lipinski definition) is 2. The predicted octanol–water partition coefficient (Wildman–Crippen LogP) is 0.575. The summed E-state index contributed by atoms with van der Waals surface area (Å²) in [5, 5.41) is 9.17. The molecule has 1 rings (SSSR count). The Morgan fingerprint density at radius 3 is 3.08 bits per heavy atom. The Hall–Kier alpha value is -1.04. The van der Waals surface area contributed by atoms with E-state index in [0.717, 1.165) is 4.47 Å². The number of amides is 2. The van der Waals surface area contributed by atoms with Crippen molar-refractivity contribution in [3.63, 3.8) is 0 Å². The van der Waals surface area contributed by atoms with E-state index in [1.54, 1.807) is 17.9 Å². The molecule has 0 unspecified atom stereocenters. The van der Waals surface area contributed by atoms with Gasteiger partial charge in [-0.3, -0.25) is 4.68 Å². The van der Waals surface area contributed by atoms with Crippen LogP contribution in [0.1, 0.15) is 0 Å². The Morgan fingerprint density at radius 2 is 2.54 bits per heavy atom. The van der Waals surface area contributed by atoms with E-state index in [2.05, 4.69) is 31.7 Å². The van der Waals surface area contributed by atoms with E-state index < -0.39 is 0 Å². The smallest absolute Gasteiger partial charge is 0.314 e. The SMILES string of the molecule is CNC(=O)NCCn1cc(Br)cn1. The van der Waals surface area contributed by atoms with Crippen LogP contribution < -0.4 is 10.6 Å². The van der Waals surface area contributed by atoms with Crippen LogP contribution in [0.25, 0.3) is 0 Å². The highest BCUT2D eigenvalue weighted by molar-refractivity contribution is 9.10. The first-order valence-electron chi connectivity index (χ1n) is 3.86. The monoisotopic (exact) mass is 246 g/mol. The van der Waals surface area contributed by atoms with Gasteiger partial charge in [0.2, 0.25) is 0 Å². The minimum absolute atomic E-state index is 0.175. The van der Waals surface area contributed by atoms with Crippen molar-refractivity contribution in [2.75, 3.05) is 13.6 Å². The average molecular weight is 247 g/mol. The lowest BCUT2D eigenvalue weighted by Crippen LogP contribution is -2.34. The van der Waals surface area contributed by atoms with Gasteiger partial charge in [-0.15, -0.1) is 0 Å². The summed E-state index contributed by atoms with van der Waals surface area (Å²) >= 11 is 3.28. The minimum Gasteiger partial charge on any atom is -0.341 e. The molecule has 1 aromatic heterocycles. The molecular formula is C7H11BrN4O. The van der Waals surface area contributed by atoms with Crippen molar-refractivity contribution in [2.45, 2.75) is 6.54 Å². The van der Waals surface area contributed by atoms with E-state index in [1.165, 1.54) is 0 Å². The molecule has 0 fully saturated rings. The number of carbonyl (C=O) groups excluding carboxylic acids is 1. The summed E-state index contributed by atoms with van der Waals surface area (Å²) in [5.41, 5.74) is 0. The molecule has 0 saturated carbocycles. The van der Waals surface area contributed by atoms with E-state index in [-0.39, 0.29) is 6.03 Å². The van der Waals surface area contributed by atoms with Gasteiger partial charge in [0.15, 0.2) is 0 Å². The van der Waals surface area contributed by atoms with Crippen LogP contribution in [0.2, 0.25) is 0 Å². The Kier molecular flexibility index (Phi) is 3.75. The molecule has 1 aromatic rings. The minimum atomic E-state index is -0.175. The van der Waals surface area contributed by atoms with Gasteiger partial charge in [0.25, 0.3) is 0 Å². The van der Waals surface area contributed by atoms with Gasteiger partial charge in [0, 0.05) is 19.8 Å². The summed E-state index contributed by atoms with van der Waals surface area (Å²) in [6.45, 7) is 1.23. The quantitative estimate of drug-likeness (QED) is 0.820. The van der Waals surface area contributed by atoms with Gasteiger partial charge in [-0.1, -0.05) is 0 Å². The zero-order chi connectivity index (χ0) is 9.68. The fraction of sp³-hybridized carbons (Fsp3) is 0.429. The molecule has 5 nitrogen and oxygen atoms in total. The van der Waals surface area contributed by atoms with Crippen molar-refractivity contribution < 1.29 is 4.79 Å². The number of hydrogen-bond donors (Lipinski definition) is 2. The molecule has 2 N–H and O–H groups in total. The van der Waals surface area contributed by atoms with E-state index in [1.807, 2.05) is 6.20 Å². The number of halogens is 1. The molecule has 0 aliphatic heterocycles. The fourth-order valence-corrected chi connectivity index (χ4v) is 1.16. The van der Waals surface area contributed by atoms with Gasteiger partial charge >= 0.3 is 6.03 Å². The van der Waals surface area contributed by atoms with Gasteiger partial charge in [-0.05, 0) is 15.9 Å². The molecule has 0 aliphatic carbocycles. The lowest BCUT2D eigenvalue weighted by atomic mass is 10.6. The summed E-state index contributed by atoms with van der Waals surface area (Å²) in [7, 11) is 1.58. The van der Waals surface area contributed by atoms with E-state index in [4.69, 9.17) is 0 Å². The maximum absolute atomic E-state index is 10.7. The van der Waals surface area contributed by atoms with E-state index in [0.29, 0.717) is 13.1 Å². The average Bonchev–Trinajstić information content (AvgIpc) is 2.51. The summed E-state index contributed by atoms with van der Waals surface area (Å²) < 4.78 is 2.69. The Bertz CT molecular complexity index is 286. The number of urea groups is 1. The Morgan fingerprint density at radius 1 is 1.77 bits per heavy atom. The van der Waals surface area contributed by atoms with Crippen LogP contribution >= 0.6 is 15.9 Å². The van der Waals surface area contributed by atoms with Crippen LogP contribution in [0.4, 0.5) is 4.79 Å². The van der Waals surface area contributed by atoms with Gasteiger partial charge in [-0.25, -0.2) is 4.79 Å². The summed E-state index contributed by atoms with van der Waals surface area (Å²) in [4.78, 5) is 10.7. The van der Waals surface area contributed by atoms with Crippen molar-refractivity contribution in [1.82, 2.24) is 20.4 Å². The van der Waals surface area contributed by atoms with Crippen LogP contribution in [-0.2, 0) is 6.54 Å². The summed E-state index contributed by atoms with van der Waals surface area (Å²) in [6, 6.07) is -0.175. The highest BCUT2D eigenvalue weighted by Gasteiger charge is 1.96. The third kappa shape index (κ3) is 3.45. The maximum atomic E-state index is 10.7. The standard InChI is InChI=1S/C7H11BrN4O/c1-9-7(13)10-2-3-12-5-6(8)4-11-12/h4-5H,2-3H2,1H3,(H2,9,10,13). The topological polar surface area (TPSA) is 59.0 Å². The molecule has 0 bridgehead atoms. The third-order valence-electron chi connectivity index (χ3n) is 1.46. The van der Waals surface area contributed by atoms with E-state index in [9.17, 15) is 4.79 Å². The highest BCUT2D eigenvalue weighted by Crippen LogP contribution is 2.05. The zero-order valence-electron chi connectivity index (χ0n) is 7.25. The maximum Gasteiger partial charge on any atom is 0.314 e. The lowest BCUT2D eigenvalue weighted by Gasteiger charge is -2.03. The van der Waals surface area contributed by atoms with Crippen LogP contribution in [0.3, 0.4) is 0 Å². The van der Waals surface area contributed by atoms with Crippen molar-refractivity contribution in [3.05, 3.63) is 16.9 Å². The van der Waals surface area contributed by atoms with Crippen molar-refractivity contribution in [2.24, 2.45) is 0 Å². The molecule has 13 heavy (non-hydrogen) atoms. The predicted molar refractivity (Wildman–Crippen MR) is 52.4 cm³/mol. The van der Waals surface area contributed by atoms with Crippen molar-refractivity contribution >= 4 is 22.0 Å². The molecule has 72 valence electrons. The number of nitrogens with zero attached hydrogens (tertiary/aromatic N) is 2. The van der Waals surface area contributed by atoms with Crippen molar-refractivity contribution in [1.29, 1.82) is 0 Å². The van der Waals surface area contributed by atoms with Gasteiger partial charge in [0.05, 0.1) is 17.2 Å². The molecule has 6 heteroatoms.